The van der Waals surface area contributed by atoms with E-state index >= 15 is 0 Å². The van der Waals surface area contributed by atoms with E-state index < -0.39 is 0 Å². The number of aromatic nitrogens is 3. The number of fused-ring (bicyclic) bond motifs is 4. The summed E-state index contributed by atoms with van der Waals surface area (Å²) in [5.41, 5.74) is 4.94. The van der Waals surface area contributed by atoms with Crippen LogP contribution in [0.5, 0.6) is 0 Å². The summed E-state index contributed by atoms with van der Waals surface area (Å²) in [7, 11) is 0. The average Bonchev–Trinajstić information content (AvgIpc) is 3.56. The van der Waals surface area contributed by atoms with Crippen molar-refractivity contribution in [3.63, 3.8) is 0 Å². The number of anilines is 1. The predicted octanol–water partition coefficient (Wildman–Crippen LogP) is 6.12. The quantitative estimate of drug-likeness (QED) is 0.360. The number of imidazole rings is 1. The van der Waals surface area contributed by atoms with Crippen LogP contribution in [0.2, 0.25) is 0 Å². The molecule has 4 bridgehead atoms. The van der Waals surface area contributed by atoms with E-state index in [0.29, 0.717) is 17.9 Å². The van der Waals surface area contributed by atoms with Crippen molar-refractivity contribution < 1.29 is 5.11 Å². The zero-order valence-electron chi connectivity index (χ0n) is 19.7. The minimum Gasteiger partial charge on any atom is -0.392 e. The van der Waals surface area contributed by atoms with Gasteiger partial charge in [-0.15, -0.1) is 0 Å². The highest BCUT2D eigenvalue weighted by Gasteiger charge is 2.58. The van der Waals surface area contributed by atoms with E-state index in [2.05, 4.69) is 63.4 Å². The second-order valence-corrected chi connectivity index (χ2v) is 12.6. The number of aliphatic hydroxyl groups excluding tert-OH is 1. The Morgan fingerprint density at radius 1 is 1.06 bits per heavy atom. The summed E-state index contributed by atoms with van der Waals surface area (Å²) in [6.07, 6.45) is 10.5. The third-order valence-electron chi connectivity index (χ3n) is 9.66. The van der Waals surface area contributed by atoms with Crippen molar-refractivity contribution in [3.8, 4) is 11.3 Å². The molecule has 4 fully saturated rings. The monoisotopic (exact) mass is 482 g/mol. The Hall–Kier alpha value is -2.70. The van der Waals surface area contributed by atoms with E-state index in [1.807, 2.05) is 12.5 Å². The van der Waals surface area contributed by atoms with Gasteiger partial charge >= 0.3 is 0 Å². The Morgan fingerprint density at radius 3 is 2.71 bits per heavy atom. The largest absolute Gasteiger partial charge is 0.392 e. The smallest absolute Gasteiger partial charge is 0.184 e. The zero-order chi connectivity index (χ0) is 23.1. The molecule has 178 valence electrons. The predicted molar refractivity (Wildman–Crippen MR) is 139 cm³/mol. The maximum atomic E-state index is 11.9. The first-order chi connectivity index (χ1) is 17.2. The molecule has 3 heterocycles. The highest BCUT2D eigenvalue weighted by atomic mass is 32.1. The topological polar surface area (TPSA) is 63.0 Å². The summed E-state index contributed by atoms with van der Waals surface area (Å²) in [5, 5.41) is 16.8. The van der Waals surface area contributed by atoms with Gasteiger partial charge in [0.05, 0.1) is 40.6 Å². The van der Waals surface area contributed by atoms with Crippen molar-refractivity contribution in [2.45, 2.75) is 56.7 Å². The van der Waals surface area contributed by atoms with Crippen LogP contribution in [-0.2, 0) is 0 Å². The van der Waals surface area contributed by atoms with E-state index in [1.165, 1.54) is 40.8 Å². The molecule has 4 aromatic rings. The van der Waals surface area contributed by atoms with Crippen molar-refractivity contribution in [3.05, 3.63) is 66.6 Å². The van der Waals surface area contributed by atoms with Gasteiger partial charge in [0.15, 0.2) is 5.13 Å². The number of thiazole rings is 1. The SMILES string of the molecule is O[C@H](C[C@H]1c2ccccc2-c2cncn21)C12CC3CC(C1)C(Nc1nc4ccccc4s1)C(C3)C2. The number of para-hydroxylation sites is 1. The molecule has 5 nitrogen and oxygen atoms in total. The van der Waals surface area contributed by atoms with Crippen LogP contribution in [0.25, 0.3) is 21.5 Å². The molecule has 35 heavy (non-hydrogen) atoms. The van der Waals surface area contributed by atoms with Crippen LogP contribution in [0.3, 0.4) is 0 Å². The molecule has 1 aliphatic heterocycles. The minimum atomic E-state index is -0.287. The summed E-state index contributed by atoms with van der Waals surface area (Å²) >= 11 is 1.78. The van der Waals surface area contributed by atoms with E-state index in [9.17, 15) is 5.11 Å². The second-order valence-electron chi connectivity index (χ2n) is 11.5. The van der Waals surface area contributed by atoms with E-state index in [0.717, 1.165) is 35.8 Å². The van der Waals surface area contributed by atoms with Crippen molar-refractivity contribution in [2.75, 3.05) is 5.32 Å². The molecule has 2 unspecified atom stereocenters. The standard InChI is InChI=1S/C29H30N4OS/c34-26(11-23-20-5-1-2-6-21(20)24-15-30-16-33(23)24)29-12-17-9-18(13-29)27(19(10-17)14-29)32-28-31-22-7-3-4-8-25(22)35-28/h1-8,15-19,23,26-27,34H,9-14H2,(H,31,32)/t17?,18?,19?,23-,26+,27?,29?/m0/s1. The van der Waals surface area contributed by atoms with Gasteiger partial charge in [-0.3, -0.25) is 0 Å². The van der Waals surface area contributed by atoms with E-state index in [1.54, 1.807) is 11.3 Å². The molecular weight excluding hydrogens is 452 g/mol. The first kappa shape index (κ1) is 20.5. The third kappa shape index (κ3) is 3.02. The van der Waals surface area contributed by atoms with E-state index in [4.69, 9.17) is 4.98 Å². The summed E-state index contributed by atoms with van der Waals surface area (Å²) in [6, 6.07) is 17.7. The van der Waals surface area contributed by atoms with Crippen molar-refractivity contribution in [1.29, 1.82) is 0 Å². The summed E-state index contributed by atoms with van der Waals surface area (Å²) < 4.78 is 3.53. The minimum absolute atomic E-state index is 0.0561. The van der Waals surface area contributed by atoms with Gasteiger partial charge in [0.25, 0.3) is 0 Å². The molecule has 4 saturated carbocycles. The molecular formula is C29H30N4OS. The number of benzene rings is 2. The molecule has 6 heteroatoms. The van der Waals surface area contributed by atoms with Gasteiger partial charge in [-0.05, 0) is 79.4 Å². The molecule has 4 atom stereocenters. The Labute approximate surface area is 209 Å². The lowest BCUT2D eigenvalue weighted by Gasteiger charge is -2.61. The van der Waals surface area contributed by atoms with Crippen LogP contribution in [0.1, 0.15) is 50.1 Å². The number of nitrogens with one attached hydrogen (secondary N) is 1. The maximum absolute atomic E-state index is 11.9. The fourth-order valence-electron chi connectivity index (χ4n) is 8.44. The van der Waals surface area contributed by atoms with Crippen molar-refractivity contribution >= 4 is 26.7 Å². The number of rotatable bonds is 5. The molecule has 9 rings (SSSR count). The van der Waals surface area contributed by atoms with Gasteiger partial charge in [-0.1, -0.05) is 47.7 Å². The fraction of sp³-hybridized carbons (Fsp3) is 0.448. The van der Waals surface area contributed by atoms with Crippen LogP contribution >= 0.6 is 11.3 Å². The van der Waals surface area contributed by atoms with E-state index in [-0.39, 0.29) is 17.6 Å². The number of hydrogen-bond donors (Lipinski definition) is 2. The average molecular weight is 483 g/mol. The van der Waals surface area contributed by atoms with Crippen LogP contribution in [0, 0.1) is 23.2 Å². The summed E-state index contributed by atoms with van der Waals surface area (Å²) in [6.45, 7) is 0. The molecule has 4 aliphatic carbocycles. The molecule has 2 N–H and O–H groups in total. The normalized spacial score (nSPS) is 33.1. The first-order valence-electron chi connectivity index (χ1n) is 13.1. The highest BCUT2D eigenvalue weighted by Crippen LogP contribution is 2.63. The highest BCUT2D eigenvalue weighted by molar-refractivity contribution is 7.22. The maximum Gasteiger partial charge on any atom is 0.184 e. The van der Waals surface area contributed by atoms with Gasteiger partial charge in [-0.25, -0.2) is 9.97 Å². The Balaban J connectivity index is 1.05. The Bertz CT molecular complexity index is 1380. The molecule has 5 aliphatic rings. The molecule has 0 saturated heterocycles. The van der Waals surface area contributed by atoms with Gasteiger partial charge < -0.3 is 15.0 Å². The van der Waals surface area contributed by atoms with Gasteiger partial charge in [0.2, 0.25) is 0 Å². The number of nitrogens with zero attached hydrogens (tertiary/aromatic N) is 3. The lowest BCUT2D eigenvalue weighted by molar-refractivity contribution is -0.129. The van der Waals surface area contributed by atoms with Crippen LogP contribution < -0.4 is 5.32 Å². The summed E-state index contributed by atoms with van der Waals surface area (Å²) in [5.74, 6) is 2.01. The van der Waals surface area contributed by atoms with Crippen molar-refractivity contribution in [1.82, 2.24) is 14.5 Å². The van der Waals surface area contributed by atoms with Gasteiger partial charge in [0, 0.05) is 11.6 Å². The Kier molecular flexibility index (Phi) is 4.33. The molecule has 0 radical (unpaired) electrons. The van der Waals surface area contributed by atoms with Gasteiger partial charge in [0.1, 0.15) is 0 Å². The first-order valence-corrected chi connectivity index (χ1v) is 13.9. The van der Waals surface area contributed by atoms with Crippen LogP contribution in [0.15, 0.2) is 61.1 Å². The Morgan fingerprint density at radius 2 is 1.86 bits per heavy atom. The number of hydrogen-bond acceptors (Lipinski definition) is 5. The van der Waals surface area contributed by atoms with Crippen molar-refractivity contribution in [2.24, 2.45) is 23.2 Å². The zero-order valence-corrected chi connectivity index (χ0v) is 20.5. The van der Waals surface area contributed by atoms with Gasteiger partial charge in [-0.2, -0.15) is 0 Å². The fourth-order valence-corrected chi connectivity index (χ4v) is 9.35. The molecule has 0 amide bonds. The molecule has 0 spiro atoms. The lowest BCUT2D eigenvalue weighted by Crippen LogP contribution is -2.59. The third-order valence-corrected chi connectivity index (χ3v) is 10.6. The van der Waals surface area contributed by atoms with Crippen LogP contribution in [0.4, 0.5) is 5.13 Å². The number of aliphatic hydroxyl groups is 1. The summed E-state index contributed by atoms with van der Waals surface area (Å²) in [4.78, 5) is 9.30. The lowest BCUT2D eigenvalue weighted by atomic mass is 9.46. The second kappa shape index (κ2) is 7.40. The van der Waals surface area contributed by atoms with Crippen LogP contribution in [-0.4, -0.2) is 31.8 Å². The molecule has 2 aromatic heterocycles. The molecule has 2 aromatic carbocycles.